The lowest BCUT2D eigenvalue weighted by Gasteiger charge is -2.34. The number of anilines is 1. The highest BCUT2D eigenvalue weighted by Crippen LogP contribution is 2.15. The van der Waals surface area contributed by atoms with Crippen molar-refractivity contribution in [3.8, 4) is 5.88 Å². The number of aromatic carboxylic acids is 1. The Balaban J connectivity index is 1.58. The molecule has 8 nitrogen and oxygen atoms in total. The minimum atomic E-state index is -0.994. The topological polar surface area (TPSA) is 95.9 Å². The molecule has 0 radical (unpaired) electrons. The number of carbonyl (C=O) groups excluding carboxylic acids is 1. The van der Waals surface area contributed by atoms with Crippen LogP contribution in [0.5, 0.6) is 5.88 Å². The molecule has 2 aromatic rings. The van der Waals surface area contributed by atoms with Crippen molar-refractivity contribution >= 4 is 17.8 Å². The highest BCUT2D eigenvalue weighted by molar-refractivity contribution is 5.88. The number of piperazine rings is 1. The first-order valence-electron chi connectivity index (χ1n) is 8.29. The van der Waals surface area contributed by atoms with Crippen molar-refractivity contribution in [2.75, 3.05) is 38.2 Å². The van der Waals surface area contributed by atoms with E-state index in [4.69, 9.17) is 9.84 Å². The summed E-state index contributed by atoms with van der Waals surface area (Å²) in [7, 11) is 1.56. The summed E-state index contributed by atoms with van der Waals surface area (Å²) in [5.74, 6) is 0.0855. The van der Waals surface area contributed by atoms with Crippen LogP contribution >= 0.6 is 0 Å². The number of hydrogen-bond acceptors (Lipinski definition) is 6. The van der Waals surface area contributed by atoms with Gasteiger partial charge in [-0.05, 0) is 17.7 Å². The molecule has 0 bridgehead atoms. The number of carboxylic acid groups (broad SMARTS) is 1. The zero-order valence-corrected chi connectivity index (χ0v) is 14.5. The molecule has 136 valence electrons. The van der Waals surface area contributed by atoms with Gasteiger partial charge in [-0.25, -0.2) is 9.78 Å². The lowest BCUT2D eigenvalue weighted by Crippen LogP contribution is -2.49. The van der Waals surface area contributed by atoms with E-state index in [1.807, 2.05) is 4.90 Å². The Hall–Kier alpha value is -3.16. The number of carboxylic acids is 1. The fourth-order valence-electron chi connectivity index (χ4n) is 2.86. The van der Waals surface area contributed by atoms with Crippen LogP contribution in [0, 0.1) is 0 Å². The van der Waals surface area contributed by atoms with Crippen LogP contribution in [0.1, 0.15) is 15.9 Å². The lowest BCUT2D eigenvalue weighted by molar-refractivity contribution is -0.130. The number of amides is 1. The molecule has 3 rings (SSSR count). The van der Waals surface area contributed by atoms with E-state index in [0.717, 1.165) is 0 Å². The standard InChI is InChI=1S/C18H20N4O4/c1-26-15-5-6-19-18(20-15)22-9-7-21(8-10-22)16(23)12-13-3-2-4-14(11-13)17(24)25/h2-6,11H,7-10,12H2,1H3,(H,24,25). The molecule has 0 atom stereocenters. The van der Waals surface area contributed by atoms with Crippen LogP contribution < -0.4 is 9.64 Å². The van der Waals surface area contributed by atoms with Crippen molar-refractivity contribution in [3.05, 3.63) is 47.7 Å². The van der Waals surface area contributed by atoms with Gasteiger partial charge in [0.1, 0.15) is 0 Å². The van der Waals surface area contributed by atoms with Gasteiger partial charge in [-0.15, -0.1) is 0 Å². The summed E-state index contributed by atoms with van der Waals surface area (Å²) >= 11 is 0. The summed E-state index contributed by atoms with van der Waals surface area (Å²) in [5.41, 5.74) is 0.892. The Labute approximate surface area is 151 Å². The third-order valence-corrected chi connectivity index (χ3v) is 4.27. The smallest absolute Gasteiger partial charge is 0.335 e. The third kappa shape index (κ3) is 4.08. The molecule has 1 N–H and O–H groups in total. The second-order valence-electron chi connectivity index (χ2n) is 5.95. The monoisotopic (exact) mass is 356 g/mol. The van der Waals surface area contributed by atoms with Gasteiger partial charge in [0.15, 0.2) is 0 Å². The minimum Gasteiger partial charge on any atom is -0.481 e. The van der Waals surface area contributed by atoms with Crippen molar-refractivity contribution in [1.82, 2.24) is 14.9 Å². The zero-order chi connectivity index (χ0) is 18.5. The molecule has 1 fully saturated rings. The molecule has 1 saturated heterocycles. The van der Waals surface area contributed by atoms with Gasteiger partial charge in [0.05, 0.1) is 19.1 Å². The van der Waals surface area contributed by atoms with Gasteiger partial charge in [-0.1, -0.05) is 12.1 Å². The van der Waals surface area contributed by atoms with E-state index in [1.165, 1.54) is 6.07 Å². The molecular formula is C18H20N4O4. The van der Waals surface area contributed by atoms with E-state index in [2.05, 4.69) is 9.97 Å². The number of methoxy groups -OCH3 is 1. The molecule has 1 aromatic carbocycles. The summed E-state index contributed by atoms with van der Waals surface area (Å²) in [6, 6.07) is 8.17. The molecule has 1 aromatic heterocycles. The van der Waals surface area contributed by atoms with Crippen molar-refractivity contribution in [1.29, 1.82) is 0 Å². The first kappa shape index (κ1) is 17.7. The van der Waals surface area contributed by atoms with Gasteiger partial charge in [-0.2, -0.15) is 4.98 Å². The summed E-state index contributed by atoms with van der Waals surface area (Å²) in [6.45, 7) is 2.40. The molecular weight excluding hydrogens is 336 g/mol. The molecule has 0 saturated carbocycles. The van der Waals surface area contributed by atoms with Gasteiger partial charge >= 0.3 is 5.97 Å². The van der Waals surface area contributed by atoms with Crippen molar-refractivity contribution in [3.63, 3.8) is 0 Å². The number of rotatable bonds is 5. The highest BCUT2D eigenvalue weighted by atomic mass is 16.5. The van der Waals surface area contributed by atoms with Crippen molar-refractivity contribution < 1.29 is 19.4 Å². The molecule has 0 spiro atoms. The molecule has 1 amide bonds. The molecule has 0 unspecified atom stereocenters. The first-order valence-corrected chi connectivity index (χ1v) is 8.29. The van der Waals surface area contributed by atoms with E-state index in [-0.39, 0.29) is 17.9 Å². The summed E-state index contributed by atoms with van der Waals surface area (Å²) in [6.07, 6.45) is 1.84. The zero-order valence-electron chi connectivity index (χ0n) is 14.5. The average molecular weight is 356 g/mol. The van der Waals surface area contributed by atoms with Crippen LogP contribution in [-0.2, 0) is 11.2 Å². The van der Waals surface area contributed by atoms with E-state index in [1.54, 1.807) is 42.5 Å². The largest absolute Gasteiger partial charge is 0.481 e. The number of carbonyl (C=O) groups is 2. The Bertz CT molecular complexity index is 803. The van der Waals surface area contributed by atoms with Crippen LogP contribution in [0.25, 0.3) is 0 Å². The van der Waals surface area contributed by atoms with Gasteiger partial charge in [0.25, 0.3) is 0 Å². The van der Waals surface area contributed by atoms with Gasteiger partial charge < -0.3 is 19.6 Å². The quantitative estimate of drug-likeness (QED) is 0.856. The SMILES string of the molecule is COc1ccnc(N2CCN(C(=O)Cc3cccc(C(=O)O)c3)CC2)n1. The molecule has 1 aliphatic rings. The number of hydrogen-bond donors (Lipinski definition) is 1. The van der Waals surface area contributed by atoms with Gasteiger partial charge in [0.2, 0.25) is 17.7 Å². The average Bonchev–Trinajstić information content (AvgIpc) is 2.68. The Morgan fingerprint density at radius 2 is 1.96 bits per heavy atom. The van der Waals surface area contributed by atoms with E-state index in [9.17, 15) is 9.59 Å². The normalized spacial score (nSPS) is 14.2. The number of aromatic nitrogens is 2. The Morgan fingerprint density at radius 3 is 2.65 bits per heavy atom. The van der Waals surface area contributed by atoms with Gasteiger partial charge in [-0.3, -0.25) is 4.79 Å². The maximum Gasteiger partial charge on any atom is 0.335 e. The van der Waals surface area contributed by atoms with Crippen LogP contribution in [0.15, 0.2) is 36.5 Å². The van der Waals surface area contributed by atoms with Crippen LogP contribution in [-0.4, -0.2) is 65.1 Å². The second kappa shape index (κ2) is 7.81. The second-order valence-corrected chi connectivity index (χ2v) is 5.95. The van der Waals surface area contributed by atoms with Crippen molar-refractivity contribution in [2.45, 2.75) is 6.42 Å². The van der Waals surface area contributed by atoms with Gasteiger partial charge in [0, 0.05) is 38.4 Å². The Kier molecular flexibility index (Phi) is 5.31. The van der Waals surface area contributed by atoms with Crippen LogP contribution in [0.4, 0.5) is 5.95 Å². The number of nitrogens with zero attached hydrogens (tertiary/aromatic N) is 4. The van der Waals surface area contributed by atoms with Crippen molar-refractivity contribution in [2.24, 2.45) is 0 Å². The third-order valence-electron chi connectivity index (χ3n) is 4.27. The molecule has 26 heavy (non-hydrogen) atoms. The lowest BCUT2D eigenvalue weighted by atomic mass is 10.1. The molecule has 2 heterocycles. The fourth-order valence-corrected chi connectivity index (χ4v) is 2.86. The summed E-state index contributed by atoms with van der Waals surface area (Å²) in [5, 5.41) is 9.05. The number of benzene rings is 1. The summed E-state index contributed by atoms with van der Waals surface area (Å²) in [4.78, 5) is 35.9. The van der Waals surface area contributed by atoms with Crippen LogP contribution in [0.3, 0.4) is 0 Å². The van der Waals surface area contributed by atoms with E-state index >= 15 is 0 Å². The molecule has 1 aliphatic heterocycles. The fraction of sp³-hybridized carbons (Fsp3) is 0.333. The molecule has 0 aliphatic carbocycles. The summed E-state index contributed by atoms with van der Waals surface area (Å²) < 4.78 is 5.11. The first-order chi connectivity index (χ1) is 12.6. The van der Waals surface area contributed by atoms with Crippen LogP contribution in [0.2, 0.25) is 0 Å². The van der Waals surface area contributed by atoms with E-state index < -0.39 is 5.97 Å². The predicted molar refractivity (Wildman–Crippen MR) is 94.5 cm³/mol. The number of ether oxygens (including phenoxy) is 1. The maximum absolute atomic E-state index is 12.5. The molecule has 8 heteroatoms. The highest BCUT2D eigenvalue weighted by Gasteiger charge is 2.23. The minimum absolute atomic E-state index is 0.0150. The van der Waals surface area contributed by atoms with E-state index in [0.29, 0.717) is 43.6 Å². The maximum atomic E-state index is 12.5. The predicted octanol–water partition coefficient (Wildman–Crippen LogP) is 1.07. The Morgan fingerprint density at radius 1 is 1.19 bits per heavy atom.